The molecule has 0 spiro atoms. The van der Waals surface area contributed by atoms with Gasteiger partial charge in [-0.25, -0.2) is 4.98 Å². The quantitative estimate of drug-likeness (QED) is 0.399. The summed E-state index contributed by atoms with van der Waals surface area (Å²) in [6, 6.07) is 6.12. The topological polar surface area (TPSA) is 69.6 Å². The summed E-state index contributed by atoms with van der Waals surface area (Å²) in [6.07, 6.45) is 5.86. The Balaban J connectivity index is 0.00000169. The Bertz CT molecular complexity index is 998. The molecular weight excluding hydrogens is 482 g/mol. The third-order valence-corrected chi connectivity index (χ3v) is 3.77. The van der Waals surface area contributed by atoms with Crippen LogP contribution in [0.4, 0.5) is 0 Å². The van der Waals surface area contributed by atoms with Crippen LogP contribution < -0.4 is 0 Å². The van der Waals surface area contributed by atoms with Crippen LogP contribution in [0.2, 0.25) is 0 Å². The molecule has 6 nitrogen and oxygen atoms in total. The zero-order valence-electron chi connectivity index (χ0n) is 13.4. The van der Waals surface area contributed by atoms with E-state index >= 15 is 0 Å². The second-order valence-electron chi connectivity index (χ2n) is 5.57. The van der Waals surface area contributed by atoms with Gasteiger partial charge in [-0.3, -0.25) is 9.67 Å². The van der Waals surface area contributed by atoms with Gasteiger partial charge >= 0.3 is 0 Å². The zero-order valence-corrected chi connectivity index (χ0v) is 15.8. The van der Waals surface area contributed by atoms with Gasteiger partial charge in [0.1, 0.15) is 6.33 Å². The number of aryl methyl sites for hydroxylation is 3. The summed E-state index contributed by atoms with van der Waals surface area (Å²) in [7, 11) is 0. The number of nitrogens with zero attached hydrogens (tertiary/aromatic N) is 5. The molecule has 0 saturated carbocycles. The Hall–Kier alpha value is -2.37. The van der Waals surface area contributed by atoms with Gasteiger partial charge in [0, 0.05) is 25.6 Å². The maximum absolute atomic E-state index is 5.16. The summed E-state index contributed by atoms with van der Waals surface area (Å²) in [5.74, 6) is 0.678. The first-order valence-electron chi connectivity index (χ1n) is 7.24. The molecule has 0 aliphatic heterocycles. The number of hydrogen-bond donors (Lipinski definition) is 0. The van der Waals surface area contributed by atoms with Crippen molar-refractivity contribution in [1.82, 2.24) is 24.7 Å². The van der Waals surface area contributed by atoms with Crippen molar-refractivity contribution in [2.75, 3.05) is 0 Å². The fraction of sp³-hybridized carbons (Fsp3) is 0.176. The van der Waals surface area contributed by atoms with Gasteiger partial charge in [-0.1, -0.05) is 23.3 Å². The minimum atomic E-state index is 0. The van der Waals surface area contributed by atoms with Crippen LogP contribution in [0.15, 0.2) is 35.3 Å². The van der Waals surface area contributed by atoms with Gasteiger partial charge in [0.15, 0.2) is 12.1 Å². The molecular formula is C17H14IrN5O-. The van der Waals surface area contributed by atoms with Gasteiger partial charge < -0.3 is 9.40 Å². The maximum Gasteiger partial charge on any atom is 0.170 e. The molecule has 0 aliphatic carbocycles. The molecule has 0 amide bonds. The number of pyridine rings is 1. The van der Waals surface area contributed by atoms with E-state index in [-0.39, 0.29) is 20.1 Å². The normalized spacial score (nSPS) is 10.8. The maximum atomic E-state index is 5.16. The third kappa shape index (κ3) is 2.66. The molecule has 3 aromatic heterocycles. The predicted octanol–water partition coefficient (Wildman–Crippen LogP) is 3.19. The molecule has 0 N–H and O–H groups in total. The molecule has 24 heavy (non-hydrogen) atoms. The Kier molecular flexibility index (Phi) is 4.30. The van der Waals surface area contributed by atoms with E-state index in [9.17, 15) is 0 Å². The first kappa shape index (κ1) is 16.5. The van der Waals surface area contributed by atoms with E-state index in [4.69, 9.17) is 4.42 Å². The van der Waals surface area contributed by atoms with Crippen molar-refractivity contribution in [3.05, 3.63) is 53.8 Å². The summed E-state index contributed by atoms with van der Waals surface area (Å²) < 4.78 is 6.98. The standard InChI is InChI=1S/C17H14N5O.Ir/c1-10-4-11(2)15(12(3)5-10)22-16(19-8-21-22)13-6-14-17(18-7-13)23-9-20-14;/h4-6,8-9H,1-3H3;/q-1;. The molecule has 4 rings (SSSR count). The van der Waals surface area contributed by atoms with Gasteiger partial charge in [0.2, 0.25) is 0 Å². The molecule has 4 aromatic rings. The minimum absolute atomic E-state index is 0. The Morgan fingerprint density at radius 1 is 1.04 bits per heavy atom. The molecule has 0 saturated heterocycles. The first-order chi connectivity index (χ1) is 11.1. The van der Waals surface area contributed by atoms with Crippen LogP contribution in [0, 0.1) is 27.0 Å². The number of fused-ring (bicyclic) bond motifs is 1. The van der Waals surface area contributed by atoms with E-state index in [2.05, 4.69) is 59.2 Å². The SMILES string of the molecule is Cc1cc(C)c(-n2ncnc2-c2[c-]nc3ocnc3c2)c(C)c1.[Ir]. The van der Waals surface area contributed by atoms with E-state index in [1.165, 1.54) is 18.3 Å². The second-order valence-corrected chi connectivity index (χ2v) is 5.57. The van der Waals surface area contributed by atoms with Crippen molar-refractivity contribution in [1.29, 1.82) is 0 Å². The van der Waals surface area contributed by atoms with Crippen LogP contribution in [-0.4, -0.2) is 24.7 Å². The number of hydrogen-bond acceptors (Lipinski definition) is 5. The largest absolute Gasteiger partial charge is 0.472 e. The summed E-state index contributed by atoms with van der Waals surface area (Å²) in [5, 5.41) is 4.40. The molecule has 0 atom stereocenters. The molecule has 0 bridgehead atoms. The molecule has 1 radical (unpaired) electrons. The fourth-order valence-corrected chi connectivity index (χ4v) is 2.92. The summed E-state index contributed by atoms with van der Waals surface area (Å²) >= 11 is 0. The van der Waals surface area contributed by atoms with E-state index < -0.39 is 0 Å². The predicted molar refractivity (Wildman–Crippen MR) is 85.2 cm³/mol. The Morgan fingerprint density at radius 3 is 2.54 bits per heavy atom. The second kappa shape index (κ2) is 6.26. The van der Waals surface area contributed by atoms with Crippen LogP contribution in [0.1, 0.15) is 16.7 Å². The Labute approximate surface area is 152 Å². The average molecular weight is 497 g/mol. The summed E-state index contributed by atoms with van der Waals surface area (Å²) in [4.78, 5) is 12.7. The average Bonchev–Trinajstić information content (AvgIpc) is 3.13. The molecule has 0 aliphatic rings. The molecule has 123 valence electrons. The van der Waals surface area contributed by atoms with Crippen LogP contribution in [0.25, 0.3) is 28.3 Å². The summed E-state index contributed by atoms with van der Waals surface area (Å²) in [5.41, 5.74) is 6.39. The van der Waals surface area contributed by atoms with Crippen LogP contribution in [-0.2, 0) is 20.1 Å². The van der Waals surface area contributed by atoms with E-state index in [0.29, 0.717) is 17.1 Å². The van der Waals surface area contributed by atoms with Crippen LogP contribution in [0.3, 0.4) is 0 Å². The van der Waals surface area contributed by atoms with Gasteiger partial charge in [-0.15, -0.1) is 6.07 Å². The van der Waals surface area contributed by atoms with Crippen molar-refractivity contribution in [3.63, 3.8) is 0 Å². The minimum Gasteiger partial charge on any atom is -0.472 e. The monoisotopic (exact) mass is 497 g/mol. The van der Waals surface area contributed by atoms with Gasteiger partial charge in [0.05, 0.1) is 11.5 Å². The summed E-state index contributed by atoms with van der Waals surface area (Å²) in [6.45, 7) is 6.23. The van der Waals surface area contributed by atoms with Gasteiger partial charge in [0.25, 0.3) is 0 Å². The zero-order chi connectivity index (χ0) is 16.0. The third-order valence-electron chi connectivity index (χ3n) is 3.77. The van der Waals surface area contributed by atoms with Gasteiger partial charge in [-0.2, -0.15) is 5.10 Å². The van der Waals surface area contributed by atoms with E-state index in [1.807, 2.05) is 10.7 Å². The molecule has 7 heteroatoms. The van der Waals surface area contributed by atoms with E-state index in [1.54, 1.807) is 0 Å². The van der Waals surface area contributed by atoms with Crippen molar-refractivity contribution >= 4 is 11.2 Å². The number of rotatable bonds is 2. The fourth-order valence-electron chi connectivity index (χ4n) is 2.92. The molecule has 3 heterocycles. The smallest absolute Gasteiger partial charge is 0.170 e. The number of oxazole rings is 1. The van der Waals surface area contributed by atoms with Gasteiger partial charge in [-0.05, 0) is 38.1 Å². The van der Waals surface area contributed by atoms with Crippen molar-refractivity contribution < 1.29 is 24.5 Å². The van der Waals surface area contributed by atoms with Crippen LogP contribution in [0.5, 0.6) is 0 Å². The molecule has 0 fully saturated rings. The van der Waals surface area contributed by atoms with Crippen molar-refractivity contribution in [2.24, 2.45) is 0 Å². The number of benzene rings is 1. The first-order valence-corrected chi connectivity index (χ1v) is 7.24. The Morgan fingerprint density at radius 2 is 1.79 bits per heavy atom. The van der Waals surface area contributed by atoms with Crippen LogP contribution >= 0.6 is 0 Å². The van der Waals surface area contributed by atoms with Crippen molar-refractivity contribution in [2.45, 2.75) is 20.8 Å². The molecule has 0 unspecified atom stereocenters. The molecule has 1 aromatic carbocycles. The number of aromatic nitrogens is 5. The van der Waals surface area contributed by atoms with E-state index in [0.717, 1.165) is 22.4 Å². The van der Waals surface area contributed by atoms with Crippen molar-refractivity contribution in [3.8, 4) is 17.1 Å².